The molecule has 0 atom stereocenters. The molecule has 0 bridgehead atoms. The van der Waals surface area contributed by atoms with Crippen LogP contribution in [0.3, 0.4) is 0 Å². The highest BCUT2D eigenvalue weighted by Crippen LogP contribution is 2.07. The van der Waals surface area contributed by atoms with Crippen molar-refractivity contribution in [2.24, 2.45) is 4.99 Å². The predicted molar refractivity (Wildman–Crippen MR) is 119 cm³/mol. The molecule has 0 spiro atoms. The van der Waals surface area contributed by atoms with E-state index < -0.39 is 9.84 Å². The second kappa shape index (κ2) is 15.2. The monoisotopic (exact) mass is 497 g/mol. The molecule has 0 aliphatic heterocycles. The Balaban J connectivity index is 0.00000625. The average molecular weight is 497 g/mol. The lowest BCUT2D eigenvalue weighted by Gasteiger charge is -2.11. The number of rotatable bonds is 12. The molecule has 150 valence electrons. The molecule has 0 fully saturated rings. The summed E-state index contributed by atoms with van der Waals surface area (Å²) in [4.78, 5) is 4.43. The Morgan fingerprint density at radius 1 is 1.12 bits per heavy atom. The maximum atomic E-state index is 12.1. The molecule has 0 aromatic heterocycles. The minimum atomic E-state index is -3.10. The smallest absolute Gasteiger partial charge is 0.191 e. The number of hydrogen-bond donors (Lipinski definition) is 2. The highest BCUT2D eigenvalue weighted by Gasteiger charge is 2.11. The van der Waals surface area contributed by atoms with E-state index in [-0.39, 0.29) is 35.5 Å². The molecule has 0 unspecified atom stereocenters. The largest absolute Gasteiger partial charge is 0.382 e. The standard InChI is InChI=1S/C18H31N3O3S.HI/c1-3-19-18(20-12-8-14-24-4-2)21-13-9-15-25(22,23)16-17-10-6-5-7-11-17;/h5-7,10-11H,3-4,8-9,12-16H2,1-2H3,(H2,19,20,21);1H. The van der Waals surface area contributed by atoms with Crippen molar-refractivity contribution in [3.8, 4) is 0 Å². The fourth-order valence-corrected chi connectivity index (χ4v) is 3.66. The second-order valence-electron chi connectivity index (χ2n) is 5.67. The molecule has 6 nitrogen and oxygen atoms in total. The first kappa shape index (κ1) is 25.1. The summed E-state index contributed by atoms with van der Waals surface area (Å²) < 4.78 is 29.6. The van der Waals surface area contributed by atoms with Crippen LogP contribution in [0.15, 0.2) is 35.3 Å². The molecular formula is C18H32IN3O3S. The molecule has 0 radical (unpaired) electrons. The highest BCUT2D eigenvalue weighted by molar-refractivity contribution is 14.0. The Morgan fingerprint density at radius 3 is 2.50 bits per heavy atom. The number of benzene rings is 1. The molecule has 0 aliphatic rings. The normalized spacial score (nSPS) is 11.7. The van der Waals surface area contributed by atoms with Crippen molar-refractivity contribution in [3.63, 3.8) is 0 Å². The van der Waals surface area contributed by atoms with Gasteiger partial charge >= 0.3 is 0 Å². The van der Waals surface area contributed by atoms with E-state index in [1.165, 1.54) is 0 Å². The number of halogens is 1. The van der Waals surface area contributed by atoms with E-state index in [0.717, 1.165) is 44.2 Å². The number of aliphatic imine (C=N–C) groups is 1. The topological polar surface area (TPSA) is 79.8 Å². The van der Waals surface area contributed by atoms with Gasteiger partial charge in [-0.1, -0.05) is 30.3 Å². The molecule has 0 saturated heterocycles. The van der Waals surface area contributed by atoms with E-state index in [2.05, 4.69) is 15.6 Å². The summed E-state index contributed by atoms with van der Waals surface area (Å²) in [5.74, 6) is 0.960. The number of nitrogens with zero attached hydrogens (tertiary/aromatic N) is 1. The van der Waals surface area contributed by atoms with Crippen LogP contribution in [0, 0.1) is 0 Å². The third kappa shape index (κ3) is 12.5. The first-order valence-corrected chi connectivity index (χ1v) is 10.7. The molecular weight excluding hydrogens is 465 g/mol. The van der Waals surface area contributed by atoms with Crippen LogP contribution in [0.25, 0.3) is 0 Å². The Hall–Kier alpha value is -0.870. The summed E-state index contributed by atoms with van der Waals surface area (Å²) in [7, 11) is -3.10. The van der Waals surface area contributed by atoms with Crippen molar-refractivity contribution in [2.75, 3.05) is 38.6 Å². The van der Waals surface area contributed by atoms with E-state index in [9.17, 15) is 8.42 Å². The van der Waals surface area contributed by atoms with Gasteiger partial charge in [0.2, 0.25) is 0 Å². The minimum absolute atomic E-state index is 0. The fraction of sp³-hybridized carbons (Fsp3) is 0.611. The third-order valence-corrected chi connectivity index (χ3v) is 5.10. The van der Waals surface area contributed by atoms with Gasteiger partial charge in [-0.05, 0) is 32.3 Å². The molecule has 1 aromatic carbocycles. The van der Waals surface area contributed by atoms with Gasteiger partial charge in [-0.15, -0.1) is 24.0 Å². The van der Waals surface area contributed by atoms with Crippen molar-refractivity contribution in [1.29, 1.82) is 0 Å². The third-order valence-electron chi connectivity index (χ3n) is 3.42. The van der Waals surface area contributed by atoms with Crippen molar-refractivity contribution >= 4 is 39.8 Å². The minimum Gasteiger partial charge on any atom is -0.382 e. The Labute approximate surface area is 175 Å². The lowest BCUT2D eigenvalue weighted by Crippen LogP contribution is -2.38. The zero-order chi connectivity index (χ0) is 18.4. The first-order chi connectivity index (χ1) is 12.1. The first-order valence-electron chi connectivity index (χ1n) is 8.91. The average Bonchev–Trinajstić information content (AvgIpc) is 2.59. The van der Waals surface area contributed by atoms with Crippen molar-refractivity contribution in [2.45, 2.75) is 32.4 Å². The van der Waals surface area contributed by atoms with Crippen molar-refractivity contribution in [1.82, 2.24) is 10.6 Å². The summed E-state index contributed by atoms with van der Waals surface area (Å²) in [6.45, 7) is 7.45. The van der Waals surface area contributed by atoms with Crippen LogP contribution < -0.4 is 10.6 Å². The SMILES string of the molecule is CCNC(=NCCCS(=O)(=O)Cc1ccccc1)NCCCOCC.I. The molecule has 0 heterocycles. The molecule has 1 aromatic rings. The van der Waals surface area contributed by atoms with Gasteiger partial charge in [-0.2, -0.15) is 0 Å². The number of nitrogens with one attached hydrogen (secondary N) is 2. The lowest BCUT2D eigenvalue weighted by molar-refractivity contribution is 0.145. The number of hydrogen-bond acceptors (Lipinski definition) is 4. The molecule has 1 rings (SSSR count). The maximum absolute atomic E-state index is 12.1. The highest BCUT2D eigenvalue weighted by atomic mass is 127. The molecule has 0 saturated carbocycles. The summed E-state index contributed by atoms with van der Waals surface area (Å²) in [5, 5.41) is 6.39. The fourth-order valence-electron chi connectivity index (χ4n) is 2.24. The molecule has 8 heteroatoms. The number of guanidine groups is 1. The molecule has 26 heavy (non-hydrogen) atoms. The van der Waals surface area contributed by atoms with Crippen LogP contribution in [-0.4, -0.2) is 53.0 Å². The van der Waals surface area contributed by atoms with Gasteiger partial charge in [0, 0.05) is 32.8 Å². The van der Waals surface area contributed by atoms with Crippen LogP contribution in [0.1, 0.15) is 32.3 Å². The van der Waals surface area contributed by atoms with Gasteiger partial charge in [0.05, 0.1) is 11.5 Å². The van der Waals surface area contributed by atoms with E-state index in [0.29, 0.717) is 13.0 Å². The van der Waals surface area contributed by atoms with E-state index in [4.69, 9.17) is 4.74 Å². The zero-order valence-corrected chi connectivity index (χ0v) is 18.9. The van der Waals surface area contributed by atoms with E-state index >= 15 is 0 Å². The number of ether oxygens (including phenoxy) is 1. The van der Waals surface area contributed by atoms with Crippen LogP contribution in [-0.2, 0) is 20.3 Å². The van der Waals surface area contributed by atoms with Gasteiger partial charge in [-0.3, -0.25) is 4.99 Å². The predicted octanol–water partition coefficient (Wildman–Crippen LogP) is 2.59. The Kier molecular flexibility index (Phi) is 14.7. The second-order valence-corrected chi connectivity index (χ2v) is 7.85. The van der Waals surface area contributed by atoms with Crippen molar-refractivity contribution in [3.05, 3.63) is 35.9 Å². The van der Waals surface area contributed by atoms with Gasteiger partial charge in [-0.25, -0.2) is 8.42 Å². The molecule has 0 amide bonds. The molecule has 2 N–H and O–H groups in total. The van der Waals surface area contributed by atoms with Gasteiger partial charge in [0.15, 0.2) is 15.8 Å². The summed E-state index contributed by atoms with van der Waals surface area (Å²) in [6, 6.07) is 9.27. The van der Waals surface area contributed by atoms with Crippen LogP contribution in [0.2, 0.25) is 0 Å². The van der Waals surface area contributed by atoms with E-state index in [1.807, 2.05) is 44.2 Å². The zero-order valence-electron chi connectivity index (χ0n) is 15.7. The lowest BCUT2D eigenvalue weighted by atomic mass is 10.2. The summed E-state index contributed by atoms with van der Waals surface area (Å²) in [5.41, 5.74) is 0.829. The maximum Gasteiger partial charge on any atom is 0.191 e. The van der Waals surface area contributed by atoms with Gasteiger partial charge < -0.3 is 15.4 Å². The van der Waals surface area contributed by atoms with Crippen LogP contribution >= 0.6 is 24.0 Å². The van der Waals surface area contributed by atoms with Gasteiger partial charge in [0.1, 0.15) is 0 Å². The summed E-state index contributed by atoms with van der Waals surface area (Å²) in [6.07, 6.45) is 1.42. The van der Waals surface area contributed by atoms with Crippen LogP contribution in [0.4, 0.5) is 0 Å². The Morgan fingerprint density at radius 2 is 1.85 bits per heavy atom. The Bertz CT molecular complexity index is 595. The summed E-state index contributed by atoms with van der Waals surface area (Å²) >= 11 is 0. The van der Waals surface area contributed by atoms with Gasteiger partial charge in [0.25, 0.3) is 0 Å². The van der Waals surface area contributed by atoms with Crippen molar-refractivity contribution < 1.29 is 13.2 Å². The quantitative estimate of drug-likeness (QED) is 0.201. The number of sulfone groups is 1. The van der Waals surface area contributed by atoms with Crippen LogP contribution in [0.5, 0.6) is 0 Å². The van der Waals surface area contributed by atoms with E-state index in [1.54, 1.807) is 0 Å². The molecule has 0 aliphatic carbocycles.